The van der Waals surface area contributed by atoms with E-state index in [1.165, 1.54) is 14.0 Å². The summed E-state index contributed by atoms with van der Waals surface area (Å²) < 4.78 is 4.54. The van der Waals surface area contributed by atoms with Gasteiger partial charge in [-0.3, -0.25) is 14.4 Å². The van der Waals surface area contributed by atoms with Crippen molar-refractivity contribution in [1.82, 2.24) is 10.2 Å². The molecule has 1 N–H and O–H groups in total. The number of amides is 2. The molecule has 0 aromatic rings. The number of nitrogens with zero attached hydrogens (tertiary/aromatic N) is 1. The third-order valence-corrected chi connectivity index (χ3v) is 2.39. The predicted octanol–water partition coefficient (Wildman–Crippen LogP) is 0.314. The fourth-order valence-electron chi connectivity index (χ4n) is 1.43. The Morgan fingerprint density at radius 1 is 1.17 bits per heavy atom. The quantitative estimate of drug-likeness (QED) is 0.636. The largest absolute Gasteiger partial charge is 0.469 e. The van der Waals surface area contributed by atoms with E-state index in [9.17, 15) is 14.4 Å². The van der Waals surface area contributed by atoms with Crippen molar-refractivity contribution in [1.29, 1.82) is 0 Å². The third kappa shape index (κ3) is 7.65. The normalized spacial score (nSPS) is 9.72. The lowest BCUT2D eigenvalue weighted by Crippen LogP contribution is -2.39. The summed E-state index contributed by atoms with van der Waals surface area (Å²) in [7, 11) is 1.32. The van der Waals surface area contributed by atoms with E-state index in [0.29, 0.717) is 26.1 Å². The van der Waals surface area contributed by atoms with Gasteiger partial charge in [0.1, 0.15) is 0 Å². The molecule has 0 fully saturated rings. The van der Waals surface area contributed by atoms with Crippen LogP contribution in [0.2, 0.25) is 0 Å². The molecule has 0 saturated carbocycles. The van der Waals surface area contributed by atoms with E-state index in [2.05, 4.69) is 10.1 Å². The molecule has 6 nitrogen and oxygen atoms in total. The van der Waals surface area contributed by atoms with Gasteiger partial charge in [0, 0.05) is 33.0 Å². The molecule has 0 atom stereocenters. The van der Waals surface area contributed by atoms with Crippen LogP contribution in [0.25, 0.3) is 0 Å². The second kappa shape index (κ2) is 9.44. The molecule has 0 bridgehead atoms. The lowest BCUT2D eigenvalue weighted by atomic mass is 10.2. The van der Waals surface area contributed by atoms with Crippen LogP contribution < -0.4 is 5.32 Å². The van der Waals surface area contributed by atoms with Crippen molar-refractivity contribution in [3.8, 4) is 0 Å². The van der Waals surface area contributed by atoms with Crippen LogP contribution in [0.5, 0.6) is 0 Å². The molecule has 0 radical (unpaired) electrons. The van der Waals surface area contributed by atoms with E-state index in [1.807, 2.05) is 6.92 Å². The summed E-state index contributed by atoms with van der Waals surface area (Å²) in [6, 6.07) is 0. The fourth-order valence-corrected chi connectivity index (χ4v) is 1.43. The van der Waals surface area contributed by atoms with Crippen LogP contribution in [0, 0.1) is 0 Å². The van der Waals surface area contributed by atoms with Crippen LogP contribution in [0.1, 0.15) is 33.1 Å². The predicted molar refractivity (Wildman–Crippen MR) is 66.8 cm³/mol. The van der Waals surface area contributed by atoms with Crippen molar-refractivity contribution in [2.45, 2.75) is 33.1 Å². The standard InChI is InChI=1S/C12H22N2O4/c1-4-5-11(16)14(8-6-12(17)18-3)9-7-13-10(2)15/h4-9H2,1-3H3,(H,13,15). The first-order chi connectivity index (χ1) is 8.51. The monoisotopic (exact) mass is 258 g/mol. The van der Waals surface area contributed by atoms with Crippen LogP contribution in [0.15, 0.2) is 0 Å². The lowest BCUT2D eigenvalue weighted by molar-refractivity contribution is -0.142. The van der Waals surface area contributed by atoms with Crippen LogP contribution >= 0.6 is 0 Å². The van der Waals surface area contributed by atoms with Crippen LogP contribution in [0.4, 0.5) is 0 Å². The molecular formula is C12H22N2O4. The third-order valence-electron chi connectivity index (χ3n) is 2.39. The number of hydrogen-bond donors (Lipinski definition) is 1. The SMILES string of the molecule is CCCC(=O)N(CCNC(C)=O)CCC(=O)OC. The molecular weight excluding hydrogens is 236 g/mol. The zero-order valence-electron chi connectivity index (χ0n) is 11.3. The van der Waals surface area contributed by atoms with E-state index >= 15 is 0 Å². The number of carbonyl (C=O) groups is 3. The van der Waals surface area contributed by atoms with Crippen LogP contribution in [-0.2, 0) is 19.1 Å². The zero-order valence-corrected chi connectivity index (χ0v) is 11.3. The van der Waals surface area contributed by atoms with Crippen molar-refractivity contribution >= 4 is 17.8 Å². The van der Waals surface area contributed by atoms with Crippen molar-refractivity contribution in [3.63, 3.8) is 0 Å². The molecule has 0 aromatic carbocycles. The van der Waals surface area contributed by atoms with Gasteiger partial charge < -0.3 is 15.0 Å². The summed E-state index contributed by atoms with van der Waals surface area (Å²) in [5, 5.41) is 2.63. The Hall–Kier alpha value is -1.59. The first kappa shape index (κ1) is 16.4. The van der Waals surface area contributed by atoms with Gasteiger partial charge in [-0.25, -0.2) is 0 Å². The highest BCUT2D eigenvalue weighted by atomic mass is 16.5. The summed E-state index contributed by atoms with van der Waals surface area (Å²) in [6.45, 7) is 4.48. The average Bonchev–Trinajstić information content (AvgIpc) is 2.32. The number of hydrogen-bond acceptors (Lipinski definition) is 4. The molecule has 0 aromatic heterocycles. The Morgan fingerprint density at radius 2 is 1.83 bits per heavy atom. The molecule has 0 saturated heterocycles. The molecule has 0 heterocycles. The van der Waals surface area contributed by atoms with E-state index in [-0.39, 0.29) is 24.2 Å². The molecule has 0 unspecified atom stereocenters. The number of esters is 1. The van der Waals surface area contributed by atoms with Gasteiger partial charge in [-0.2, -0.15) is 0 Å². The van der Waals surface area contributed by atoms with Gasteiger partial charge >= 0.3 is 5.97 Å². The maximum atomic E-state index is 11.8. The van der Waals surface area contributed by atoms with Crippen molar-refractivity contribution < 1.29 is 19.1 Å². The number of methoxy groups -OCH3 is 1. The fraction of sp³-hybridized carbons (Fsp3) is 0.750. The molecule has 0 aliphatic rings. The van der Waals surface area contributed by atoms with Crippen LogP contribution in [0.3, 0.4) is 0 Å². The summed E-state index contributed by atoms with van der Waals surface area (Å²) in [5.41, 5.74) is 0. The topological polar surface area (TPSA) is 75.7 Å². The zero-order chi connectivity index (χ0) is 14.0. The number of ether oxygens (including phenoxy) is 1. The second-order valence-corrected chi connectivity index (χ2v) is 3.94. The smallest absolute Gasteiger partial charge is 0.307 e. The highest BCUT2D eigenvalue weighted by Gasteiger charge is 2.14. The van der Waals surface area contributed by atoms with Gasteiger partial charge in [-0.05, 0) is 6.42 Å². The molecule has 0 rings (SSSR count). The molecule has 0 spiro atoms. The summed E-state index contributed by atoms with van der Waals surface area (Å²) in [5.74, 6) is -0.485. The summed E-state index contributed by atoms with van der Waals surface area (Å²) in [4.78, 5) is 35.2. The second-order valence-electron chi connectivity index (χ2n) is 3.94. The molecule has 2 amide bonds. The summed E-state index contributed by atoms with van der Waals surface area (Å²) in [6.07, 6.45) is 1.38. The minimum absolute atomic E-state index is 0.00763. The summed E-state index contributed by atoms with van der Waals surface area (Å²) >= 11 is 0. The number of rotatable bonds is 8. The van der Waals surface area contributed by atoms with Crippen molar-refractivity contribution in [2.24, 2.45) is 0 Å². The van der Waals surface area contributed by atoms with E-state index < -0.39 is 0 Å². The van der Waals surface area contributed by atoms with Gasteiger partial charge in [0.25, 0.3) is 0 Å². The molecule has 0 aliphatic heterocycles. The number of nitrogens with one attached hydrogen (secondary N) is 1. The van der Waals surface area contributed by atoms with Gasteiger partial charge in [-0.1, -0.05) is 6.92 Å². The van der Waals surface area contributed by atoms with Gasteiger partial charge in [0.05, 0.1) is 13.5 Å². The number of carbonyl (C=O) groups excluding carboxylic acids is 3. The maximum absolute atomic E-state index is 11.8. The Balaban J connectivity index is 4.19. The highest BCUT2D eigenvalue weighted by molar-refractivity contribution is 5.77. The lowest BCUT2D eigenvalue weighted by Gasteiger charge is -2.22. The maximum Gasteiger partial charge on any atom is 0.307 e. The Labute approximate surface area is 108 Å². The van der Waals surface area contributed by atoms with E-state index in [4.69, 9.17) is 0 Å². The van der Waals surface area contributed by atoms with Gasteiger partial charge in [0.15, 0.2) is 0 Å². The molecule has 6 heteroatoms. The van der Waals surface area contributed by atoms with E-state index in [1.54, 1.807) is 4.90 Å². The molecule has 104 valence electrons. The highest BCUT2D eigenvalue weighted by Crippen LogP contribution is 1.99. The van der Waals surface area contributed by atoms with Crippen molar-refractivity contribution in [2.75, 3.05) is 26.7 Å². The Morgan fingerprint density at radius 3 is 2.33 bits per heavy atom. The van der Waals surface area contributed by atoms with E-state index in [0.717, 1.165) is 6.42 Å². The Bertz CT molecular complexity index is 292. The molecule has 0 aliphatic carbocycles. The Kier molecular flexibility index (Phi) is 8.61. The van der Waals surface area contributed by atoms with Crippen molar-refractivity contribution in [3.05, 3.63) is 0 Å². The van der Waals surface area contributed by atoms with Crippen LogP contribution in [-0.4, -0.2) is 49.4 Å². The van der Waals surface area contributed by atoms with Gasteiger partial charge in [0.2, 0.25) is 11.8 Å². The first-order valence-corrected chi connectivity index (χ1v) is 6.10. The minimum atomic E-state index is -0.344. The minimum Gasteiger partial charge on any atom is -0.469 e. The first-order valence-electron chi connectivity index (χ1n) is 6.10. The van der Waals surface area contributed by atoms with Gasteiger partial charge in [-0.15, -0.1) is 0 Å². The average molecular weight is 258 g/mol. The molecule has 18 heavy (non-hydrogen) atoms.